The molecule has 1 aliphatic heterocycles. The van der Waals surface area contributed by atoms with E-state index >= 15 is 0 Å². The Kier molecular flexibility index (Phi) is 6.26. The summed E-state index contributed by atoms with van der Waals surface area (Å²) in [6.45, 7) is -0.0516. The third-order valence-corrected chi connectivity index (χ3v) is 4.00. The molecule has 1 fully saturated rings. The van der Waals surface area contributed by atoms with Gasteiger partial charge in [0.2, 0.25) is 0 Å². The molecule has 130 valence electrons. The lowest BCUT2D eigenvalue weighted by molar-refractivity contribution is -0.212. The van der Waals surface area contributed by atoms with Gasteiger partial charge in [0.1, 0.15) is 11.8 Å². The van der Waals surface area contributed by atoms with Crippen molar-refractivity contribution in [3.05, 3.63) is 29.8 Å². The zero-order chi connectivity index (χ0) is 16.9. The number of para-hydroxylation sites is 1. The monoisotopic (exact) mass is 333 g/mol. The number of hydrogen-bond acceptors (Lipinski definition) is 4. The molecule has 23 heavy (non-hydrogen) atoms. The SMILES string of the molecule is COc1ccccc1CN(CCO)C(C1CCCO1)C(F)(F)F. The van der Waals surface area contributed by atoms with E-state index in [9.17, 15) is 18.3 Å². The van der Waals surface area contributed by atoms with Crippen molar-refractivity contribution in [3.63, 3.8) is 0 Å². The predicted molar refractivity (Wildman–Crippen MR) is 79.3 cm³/mol. The van der Waals surface area contributed by atoms with E-state index in [1.54, 1.807) is 24.3 Å². The summed E-state index contributed by atoms with van der Waals surface area (Å²) >= 11 is 0. The first kappa shape index (κ1) is 18.0. The zero-order valence-electron chi connectivity index (χ0n) is 13.1. The number of hydrogen-bond donors (Lipinski definition) is 1. The van der Waals surface area contributed by atoms with E-state index in [1.165, 1.54) is 12.0 Å². The van der Waals surface area contributed by atoms with Crippen LogP contribution in [0.2, 0.25) is 0 Å². The normalized spacial score (nSPS) is 20.0. The minimum absolute atomic E-state index is 0.0363. The van der Waals surface area contributed by atoms with Gasteiger partial charge in [-0.25, -0.2) is 0 Å². The zero-order valence-corrected chi connectivity index (χ0v) is 13.1. The lowest BCUT2D eigenvalue weighted by Gasteiger charge is -2.36. The third kappa shape index (κ3) is 4.59. The van der Waals surface area contributed by atoms with Crippen molar-refractivity contribution in [1.82, 2.24) is 4.90 Å². The number of benzene rings is 1. The maximum absolute atomic E-state index is 13.6. The van der Waals surface area contributed by atoms with E-state index in [4.69, 9.17) is 9.47 Å². The molecule has 0 saturated carbocycles. The highest BCUT2D eigenvalue weighted by atomic mass is 19.4. The first-order valence-electron chi connectivity index (χ1n) is 7.62. The molecule has 0 aromatic heterocycles. The first-order valence-corrected chi connectivity index (χ1v) is 7.62. The number of methoxy groups -OCH3 is 1. The fourth-order valence-corrected chi connectivity index (χ4v) is 3.00. The molecule has 0 aliphatic carbocycles. The molecule has 1 aliphatic rings. The maximum Gasteiger partial charge on any atom is 0.406 e. The second kappa shape index (κ2) is 7.99. The van der Waals surface area contributed by atoms with Crippen LogP contribution in [0.15, 0.2) is 24.3 Å². The quantitative estimate of drug-likeness (QED) is 0.833. The lowest BCUT2D eigenvalue weighted by Crippen LogP contribution is -2.53. The van der Waals surface area contributed by atoms with Gasteiger partial charge in [0, 0.05) is 25.3 Å². The number of aliphatic hydroxyl groups excluding tert-OH is 1. The standard InChI is InChI=1S/C16H22F3NO3/c1-22-13-6-3-2-5-12(13)11-20(8-9-21)15(16(17,18)19)14-7-4-10-23-14/h2-3,5-6,14-15,21H,4,7-11H2,1H3. The molecule has 2 unspecified atom stereocenters. The Bertz CT molecular complexity index is 490. The molecular weight excluding hydrogens is 311 g/mol. The molecule has 1 saturated heterocycles. The molecule has 1 aromatic rings. The van der Waals surface area contributed by atoms with Crippen LogP contribution in [0.3, 0.4) is 0 Å². The van der Waals surface area contributed by atoms with Crippen LogP contribution in [0.4, 0.5) is 13.2 Å². The van der Waals surface area contributed by atoms with Gasteiger partial charge in [0.25, 0.3) is 0 Å². The van der Waals surface area contributed by atoms with Gasteiger partial charge in [0.15, 0.2) is 0 Å². The number of ether oxygens (including phenoxy) is 2. The average molecular weight is 333 g/mol. The van der Waals surface area contributed by atoms with Crippen LogP contribution in [-0.4, -0.2) is 55.2 Å². The van der Waals surface area contributed by atoms with Crippen molar-refractivity contribution < 1.29 is 27.8 Å². The molecule has 0 bridgehead atoms. The summed E-state index contributed by atoms with van der Waals surface area (Å²) < 4.78 is 51.3. The second-order valence-corrected chi connectivity index (χ2v) is 5.54. The predicted octanol–water partition coefficient (Wildman–Crippen LogP) is 2.60. The third-order valence-electron chi connectivity index (χ3n) is 4.00. The van der Waals surface area contributed by atoms with Crippen molar-refractivity contribution in [1.29, 1.82) is 0 Å². The molecule has 0 radical (unpaired) electrons. The highest BCUT2D eigenvalue weighted by Crippen LogP contribution is 2.34. The molecule has 1 aromatic carbocycles. The summed E-state index contributed by atoms with van der Waals surface area (Å²) in [7, 11) is 1.48. The molecule has 2 rings (SSSR count). The summed E-state index contributed by atoms with van der Waals surface area (Å²) in [5, 5.41) is 9.22. The highest BCUT2D eigenvalue weighted by Gasteiger charge is 2.49. The molecule has 1 N–H and O–H groups in total. The van der Waals surface area contributed by atoms with Gasteiger partial charge in [0.05, 0.1) is 19.8 Å². The molecular formula is C16H22F3NO3. The van der Waals surface area contributed by atoms with E-state index in [2.05, 4.69) is 0 Å². The Morgan fingerprint density at radius 1 is 1.39 bits per heavy atom. The van der Waals surface area contributed by atoms with Crippen LogP contribution < -0.4 is 4.74 Å². The van der Waals surface area contributed by atoms with Gasteiger partial charge < -0.3 is 14.6 Å². The molecule has 7 heteroatoms. The van der Waals surface area contributed by atoms with E-state index in [1.807, 2.05) is 0 Å². The van der Waals surface area contributed by atoms with Crippen molar-refractivity contribution in [2.24, 2.45) is 0 Å². The molecule has 4 nitrogen and oxygen atoms in total. The summed E-state index contributed by atoms with van der Waals surface area (Å²) in [4.78, 5) is 1.23. The maximum atomic E-state index is 13.6. The average Bonchev–Trinajstić information content (AvgIpc) is 3.00. The van der Waals surface area contributed by atoms with Gasteiger partial charge in [-0.15, -0.1) is 0 Å². The van der Waals surface area contributed by atoms with Gasteiger partial charge in [-0.1, -0.05) is 18.2 Å². The van der Waals surface area contributed by atoms with Crippen LogP contribution in [-0.2, 0) is 11.3 Å². The fraction of sp³-hybridized carbons (Fsp3) is 0.625. The van der Waals surface area contributed by atoms with E-state index < -0.39 is 18.3 Å². The minimum atomic E-state index is -4.42. The molecule has 2 atom stereocenters. The van der Waals surface area contributed by atoms with E-state index in [0.717, 1.165) is 0 Å². The van der Waals surface area contributed by atoms with E-state index in [-0.39, 0.29) is 19.7 Å². The van der Waals surface area contributed by atoms with Crippen molar-refractivity contribution >= 4 is 0 Å². The Hall–Kier alpha value is -1.31. The molecule has 0 spiro atoms. The number of rotatable bonds is 7. The Balaban J connectivity index is 2.26. The largest absolute Gasteiger partial charge is 0.496 e. The number of halogens is 3. The summed E-state index contributed by atoms with van der Waals surface area (Å²) in [6.07, 6.45) is -4.32. The van der Waals surface area contributed by atoms with Crippen molar-refractivity contribution in [2.75, 3.05) is 26.9 Å². The molecule has 0 amide bonds. The fourth-order valence-electron chi connectivity index (χ4n) is 3.00. The second-order valence-electron chi connectivity index (χ2n) is 5.54. The van der Waals surface area contributed by atoms with Gasteiger partial charge in [-0.2, -0.15) is 13.2 Å². The summed E-state index contributed by atoms with van der Waals surface area (Å²) in [5.74, 6) is 0.531. The van der Waals surface area contributed by atoms with Crippen LogP contribution in [0.5, 0.6) is 5.75 Å². The smallest absolute Gasteiger partial charge is 0.406 e. The minimum Gasteiger partial charge on any atom is -0.496 e. The van der Waals surface area contributed by atoms with Gasteiger partial charge in [-0.3, -0.25) is 4.90 Å². The number of nitrogens with zero attached hydrogens (tertiary/aromatic N) is 1. The molecule has 1 heterocycles. The van der Waals surface area contributed by atoms with Crippen LogP contribution >= 0.6 is 0 Å². The highest BCUT2D eigenvalue weighted by molar-refractivity contribution is 5.33. The van der Waals surface area contributed by atoms with Crippen LogP contribution in [0, 0.1) is 0 Å². The van der Waals surface area contributed by atoms with Crippen molar-refractivity contribution in [3.8, 4) is 5.75 Å². The Labute approximate surface area is 133 Å². The summed E-state index contributed by atoms with van der Waals surface area (Å²) in [5.41, 5.74) is 0.649. The number of aliphatic hydroxyl groups is 1. The number of alkyl halides is 3. The van der Waals surface area contributed by atoms with E-state index in [0.29, 0.717) is 30.8 Å². The van der Waals surface area contributed by atoms with Gasteiger partial charge in [-0.05, 0) is 18.9 Å². The topological polar surface area (TPSA) is 41.9 Å². The van der Waals surface area contributed by atoms with Crippen LogP contribution in [0.25, 0.3) is 0 Å². The lowest BCUT2D eigenvalue weighted by atomic mass is 10.0. The summed E-state index contributed by atoms with van der Waals surface area (Å²) in [6, 6.07) is 5.22. The van der Waals surface area contributed by atoms with Crippen molar-refractivity contribution in [2.45, 2.75) is 37.7 Å². The first-order chi connectivity index (χ1) is 11.0. The van der Waals surface area contributed by atoms with Gasteiger partial charge >= 0.3 is 6.18 Å². The van der Waals surface area contributed by atoms with Crippen LogP contribution in [0.1, 0.15) is 18.4 Å². The Morgan fingerprint density at radius 2 is 2.13 bits per heavy atom. The Morgan fingerprint density at radius 3 is 2.70 bits per heavy atom.